The first-order valence-corrected chi connectivity index (χ1v) is 3.97. The van der Waals surface area contributed by atoms with Crippen LogP contribution in [0.2, 0.25) is 0 Å². The van der Waals surface area contributed by atoms with Crippen molar-refractivity contribution in [1.82, 2.24) is 0 Å². The molecule has 0 saturated heterocycles. The maximum atomic E-state index is 10.7. The highest BCUT2D eigenvalue weighted by Crippen LogP contribution is 2.37. The summed E-state index contributed by atoms with van der Waals surface area (Å²) in [7, 11) is 2.82. The van der Waals surface area contributed by atoms with E-state index in [9.17, 15) is 10.1 Å². The molecule has 14 heavy (non-hydrogen) atoms. The summed E-state index contributed by atoms with van der Waals surface area (Å²) in [5.41, 5.74) is 0.679. The molecule has 1 aromatic rings. The average Bonchev–Trinajstić information content (AvgIpc) is 2.16. The van der Waals surface area contributed by atoms with Crippen molar-refractivity contribution in [2.24, 2.45) is 0 Å². The molecule has 0 N–H and O–H groups in total. The molecular weight excluding hydrogens is 186 g/mol. The number of benzene rings is 1. The number of nitrogens with zero attached hydrogens (tertiary/aromatic N) is 1. The van der Waals surface area contributed by atoms with Gasteiger partial charge in [-0.2, -0.15) is 0 Å². The van der Waals surface area contributed by atoms with Gasteiger partial charge < -0.3 is 9.47 Å². The second-order valence-electron chi connectivity index (χ2n) is 2.78. The standard InChI is InChI=1S/C9H11NO4/c1-6-4-7(10(11)12)9(14-3)8(5-6)13-2/h4-5H,1-3H3. The molecule has 0 heterocycles. The van der Waals surface area contributed by atoms with Crippen LogP contribution in [0.25, 0.3) is 0 Å². The predicted octanol–water partition coefficient (Wildman–Crippen LogP) is 1.92. The van der Waals surface area contributed by atoms with Gasteiger partial charge in [-0.3, -0.25) is 10.1 Å². The van der Waals surface area contributed by atoms with E-state index in [4.69, 9.17) is 9.47 Å². The van der Waals surface area contributed by atoms with Crippen LogP contribution in [-0.4, -0.2) is 19.1 Å². The molecule has 1 aromatic carbocycles. The van der Waals surface area contributed by atoms with Crippen LogP contribution in [0.3, 0.4) is 0 Å². The minimum Gasteiger partial charge on any atom is -0.493 e. The van der Waals surface area contributed by atoms with E-state index in [1.807, 2.05) is 0 Å². The topological polar surface area (TPSA) is 61.6 Å². The third-order valence-electron chi connectivity index (χ3n) is 1.80. The van der Waals surface area contributed by atoms with Gasteiger partial charge in [-0.05, 0) is 18.6 Å². The Morgan fingerprint density at radius 1 is 1.29 bits per heavy atom. The Bertz CT molecular complexity index is 362. The van der Waals surface area contributed by atoms with E-state index in [1.54, 1.807) is 13.0 Å². The largest absolute Gasteiger partial charge is 0.493 e. The number of hydrogen-bond donors (Lipinski definition) is 0. The van der Waals surface area contributed by atoms with Crippen LogP contribution in [0, 0.1) is 17.0 Å². The van der Waals surface area contributed by atoms with Crippen LogP contribution in [0.1, 0.15) is 5.56 Å². The normalized spacial score (nSPS) is 9.64. The quantitative estimate of drug-likeness (QED) is 0.548. The molecule has 0 fully saturated rings. The van der Waals surface area contributed by atoms with Gasteiger partial charge in [-0.15, -0.1) is 0 Å². The van der Waals surface area contributed by atoms with E-state index in [0.29, 0.717) is 5.75 Å². The summed E-state index contributed by atoms with van der Waals surface area (Å²) < 4.78 is 9.90. The number of hydrogen-bond acceptors (Lipinski definition) is 4. The molecule has 5 nitrogen and oxygen atoms in total. The first kappa shape index (κ1) is 10.3. The van der Waals surface area contributed by atoms with Gasteiger partial charge in [0.05, 0.1) is 19.1 Å². The summed E-state index contributed by atoms with van der Waals surface area (Å²) in [6.07, 6.45) is 0. The fourth-order valence-electron chi connectivity index (χ4n) is 1.21. The lowest BCUT2D eigenvalue weighted by Gasteiger charge is -2.08. The van der Waals surface area contributed by atoms with Crippen molar-refractivity contribution in [2.45, 2.75) is 6.92 Å². The molecule has 0 atom stereocenters. The average molecular weight is 197 g/mol. The van der Waals surface area contributed by atoms with Gasteiger partial charge >= 0.3 is 5.69 Å². The number of aryl methyl sites for hydroxylation is 1. The third kappa shape index (κ3) is 1.76. The molecule has 0 radical (unpaired) electrons. The van der Waals surface area contributed by atoms with Crippen molar-refractivity contribution in [3.63, 3.8) is 0 Å². The molecule has 0 aliphatic carbocycles. The summed E-state index contributed by atoms with van der Waals surface area (Å²) >= 11 is 0. The highest BCUT2D eigenvalue weighted by atomic mass is 16.6. The monoisotopic (exact) mass is 197 g/mol. The summed E-state index contributed by atoms with van der Waals surface area (Å²) in [4.78, 5) is 10.2. The van der Waals surface area contributed by atoms with E-state index in [1.165, 1.54) is 20.3 Å². The SMILES string of the molecule is COc1cc(C)cc([N+](=O)[O-])c1OC. The Labute approximate surface area is 81.4 Å². The van der Waals surface area contributed by atoms with Gasteiger partial charge in [0.25, 0.3) is 0 Å². The molecule has 0 spiro atoms. The van der Waals surface area contributed by atoms with Crippen molar-refractivity contribution < 1.29 is 14.4 Å². The fraction of sp³-hybridized carbons (Fsp3) is 0.333. The number of nitro benzene ring substituents is 1. The second-order valence-corrected chi connectivity index (χ2v) is 2.78. The number of methoxy groups -OCH3 is 2. The van der Waals surface area contributed by atoms with Crippen LogP contribution in [0.5, 0.6) is 11.5 Å². The fourth-order valence-corrected chi connectivity index (χ4v) is 1.21. The Hall–Kier alpha value is -1.78. The summed E-state index contributed by atoms with van der Waals surface area (Å²) in [6.45, 7) is 1.76. The molecule has 0 bridgehead atoms. The minimum atomic E-state index is -0.492. The number of ether oxygens (including phenoxy) is 2. The molecule has 5 heteroatoms. The highest BCUT2D eigenvalue weighted by Gasteiger charge is 2.19. The van der Waals surface area contributed by atoms with E-state index in [-0.39, 0.29) is 11.4 Å². The van der Waals surface area contributed by atoms with Crippen LogP contribution in [0.15, 0.2) is 12.1 Å². The third-order valence-corrected chi connectivity index (χ3v) is 1.80. The lowest BCUT2D eigenvalue weighted by molar-refractivity contribution is -0.385. The lowest BCUT2D eigenvalue weighted by Crippen LogP contribution is -1.97. The van der Waals surface area contributed by atoms with Crippen molar-refractivity contribution >= 4 is 5.69 Å². The van der Waals surface area contributed by atoms with Gasteiger partial charge in [0.1, 0.15) is 0 Å². The summed E-state index contributed by atoms with van der Waals surface area (Å²) in [6, 6.07) is 3.13. The first-order valence-electron chi connectivity index (χ1n) is 3.97. The Kier molecular flexibility index (Phi) is 2.91. The Morgan fingerprint density at radius 2 is 1.93 bits per heavy atom. The maximum Gasteiger partial charge on any atom is 0.315 e. The molecule has 0 aliphatic heterocycles. The maximum absolute atomic E-state index is 10.7. The van der Waals surface area contributed by atoms with E-state index >= 15 is 0 Å². The predicted molar refractivity (Wildman–Crippen MR) is 50.9 cm³/mol. The zero-order valence-corrected chi connectivity index (χ0v) is 8.23. The first-order chi connectivity index (χ1) is 6.60. The molecule has 0 aromatic heterocycles. The van der Waals surface area contributed by atoms with E-state index in [0.717, 1.165) is 5.56 Å². The zero-order valence-electron chi connectivity index (χ0n) is 8.23. The van der Waals surface area contributed by atoms with Gasteiger partial charge in [0.2, 0.25) is 5.75 Å². The molecule has 76 valence electrons. The number of rotatable bonds is 3. The van der Waals surface area contributed by atoms with E-state index < -0.39 is 4.92 Å². The molecule has 0 amide bonds. The molecule has 0 unspecified atom stereocenters. The number of nitro groups is 1. The van der Waals surface area contributed by atoms with Crippen LogP contribution >= 0.6 is 0 Å². The minimum absolute atomic E-state index is 0.0793. The summed E-state index contributed by atoms with van der Waals surface area (Å²) in [5, 5.41) is 10.7. The Balaban J connectivity index is 3.39. The molecule has 0 saturated carbocycles. The smallest absolute Gasteiger partial charge is 0.315 e. The molecular formula is C9H11NO4. The Morgan fingerprint density at radius 3 is 2.36 bits per heavy atom. The van der Waals surface area contributed by atoms with Gasteiger partial charge in [0.15, 0.2) is 5.75 Å². The van der Waals surface area contributed by atoms with Gasteiger partial charge in [0, 0.05) is 6.07 Å². The van der Waals surface area contributed by atoms with Crippen LogP contribution in [-0.2, 0) is 0 Å². The van der Waals surface area contributed by atoms with Crippen molar-refractivity contribution in [2.75, 3.05) is 14.2 Å². The second kappa shape index (κ2) is 3.95. The summed E-state index contributed by atoms with van der Waals surface area (Å²) in [5.74, 6) is 0.530. The van der Waals surface area contributed by atoms with E-state index in [2.05, 4.69) is 0 Å². The van der Waals surface area contributed by atoms with Gasteiger partial charge in [-0.25, -0.2) is 0 Å². The molecule has 0 aliphatic rings. The lowest BCUT2D eigenvalue weighted by atomic mass is 10.2. The molecule has 1 rings (SSSR count). The van der Waals surface area contributed by atoms with Crippen molar-refractivity contribution in [3.8, 4) is 11.5 Å². The van der Waals surface area contributed by atoms with Crippen LogP contribution < -0.4 is 9.47 Å². The zero-order chi connectivity index (χ0) is 10.7. The van der Waals surface area contributed by atoms with Crippen LogP contribution in [0.4, 0.5) is 5.69 Å². The van der Waals surface area contributed by atoms with Crippen molar-refractivity contribution in [3.05, 3.63) is 27.8 Å². The van der Waals surface area contributed by atoms with Crippen molar-refractivity contribution in [1.29, 1.82) is 0 Å². The van der Waals surface area contributed by atoms with Gasteiger partial charge in [-0.1, -0.05) is 0 Å². The highest BCUT2D eigenvalue weighted by molar-refractivity contribution is 5.57.